The van der Waals surface area contributed by atoms with Crippen LogP contribution in [0.15, 0.2) is 18.2 Å². The Morgan fingerprint density at radius 3 is 3.00 bits per heavy atom. The number of halogens is 1. The first-order chi connectivity index (χ1) is 7.74. The highest BCUT2D eigenvalue weighted by Gasteiger charge is 2.23. The van der Waals surface area contributed by atoms with Crippen LogP contribution in [0.4, 0.5) is 5.69 Å². The summed E-state index contributed by atoms with van der Waals surface area (Å²) in [5.41, 5.74) is 1.52. The van der Waals surface area contributed by atoms with Gasteiger partial charge in [0.05, 0.1) is 11.3 Å². The SMILES string of the molecule is N#Cc1cc(Cl)ccc1N1CCC(CO)C1. The van der Waals surface area contributed by atoms with Crippen LogP contribution in [0.2, 0.25) is 5.02 Å². The van der Waals surface area contributed by atoms with Crippen molar-refractivity contribution >= 4 is 17.3 Å². The molecule has 0 bridgehead atoms. The van der Waals surface area contributed by atoms with E-state index in [0.717, 1.165) is 25.2 Å². The fourth-order valence-electron chi connectivity index (χ4n) is 2.07. The second kappa shape index (κ2) is 4.73. The van der Waals surface area contributed by atoms with Crippen LogP contribution in [-0.2, 0) is 0 Å². The van der Waals surface area contributed by atoms with Crippen molar-refractivity contribution in [3.8, 4) is 6.07 Å². The minimum Gasteiger partial charge on any atom is -0.396 e. The average Bonchev–Trinajstić information content (AvgIpc) is 2.77. The predicted molar refractivity (Wildman–Crippen MR) is 63.6 cm³/mol. The van der Waals surface area contributed by atoms with E-state index in [9.17, 15) is 0 Å². The van der Waals surface area contributed by atoms with E-state index in [4.69, 9.17) is 22.0 Å². The summed E-state index contributed by atoms with van der Waals surface area (Å²) in [7, 11) is 0. The van der Waals surface area contributed by atoms with Gasteiger partial charge in [-0.2, -0.15) is 5.26 Å². The maximum absolute atomic E-state index is 9.09. The fourth-order valence-corrected chi connectivity index (χ4v) is 2.25. The topological polar surface area (TPSA) is 47.3 Å². The van der Waals surface area contributed by atoms with Gasteiger partial charge in [0.2, 0.25) is 0 Å². The summed E-state index contributed by atoms with van der Waals surface area (Å²) < 4.78 is 0. The monoisotopic (exact) mass is 236 g/mol. The van der Waals surface area contributed by atoms with Crippen molar-refractivity contribution in [2.24, 2.45) is 5.92 Å². The smallest absolute Gasteiger partial charge is 0.101 e. The Morgan fingerprint density at radius 1 is 1.56 bits per heavy atom. The standard InChI is InChI=1S/C12H13ClN2O/c13-11-1-2-12(10(5-11)6-14)15-4-3-9(7-15)8-16/h1-2,5,9,16H,3-4,7-8H2. The number of aliphatic hydroxyl groups is 1. The predicted octanol–water partition coefficient (Wildman–Crippen LogP) is 2.03. The zero-order valence-corrected chi connectivity index (χ0v) is 9.61. The lowest BCUT2D eigenvalue weighted by atomic mass is 10.1. The Kier molecular flexibility index (Phi) is 3.33. The van der Waals surface area contributed by atoms with Crippen molar-refractivity contribution in [1.29, 1.82) is 5.26 Å². The van der Waals surface area contributed by atoms with Gasteiger partial charge in [0, 0.05) is 30.6 Å². The quantitative estimate of drug-likeness (QED) is 0.855. The molecule has 2 rings (SSSR count). The highest BCUT2D eigenvalue weighted by Crippen LogP contribution is 2.28. The van der Waals surface area contributed by atoms with Crippen molar-refractivity contribution in [2.45, 2.75) is 6.42 Å². The number of aliphatic hydroxyl groups excluding tert-OH is 1. The Labute approximate surface area is 99.9 Å². The lowest BCUT2D eigenvalue weighted by Gasteiger charge is -2.19. The average molecular weight is 237 g/mol. The van der Waals surface area contributed by atoms with Crippen LogP contribution >= 0.6 is 11.6 Å². The third kappa shape index (κ3) is 2.13. The van der Waals surface area contributed by atoms with Crippen molar-refractivity contribution in [3.05, 3.63) is 28.8 Å². The van der Waals surface area contributed by atoms with Crippen LogP contribution < -0.4 is 4.90 Å². The number of hydrogen-bond donors (Lipinski definition) is 1. The molecule has 0 amide bonds. The number of hydrogen-bond acceptors (Lipinski definition) is 3. The second-order valence-corrected chi connectivity index (χ2v) is 4.49. The summed E-state index contributed by atoms with van der Waals surface area (Å²) in [5.74, 6) is 0.322. The number of anilines is 1. The molecule has 0 radical (unpaired) electrons. The fraction of sp³-hybridized carbons (Fsp3) is 0.417. The molecule has 0 spiro atoms. The van der Waals surface area contributed by atoms with E-state index >= 15 is 0 Å². The lowest BCUT2D eigenvalue weighted by Crippen LogP contribution is -2.21. The number of rotatable bonds is 2. The molecule has 1 saturated heterocycles. The highest BCUT2D eigenvalue weighted by atomic mass is 35.5. The van der Waals surface area contributed by atoms with Crippen LogP contribution in [0, 0.1) is 17.2 Å². The number of benzene rings is 1. The summed E-state index contributed by atoms with van der Waals surface area (Å²) in [6, 6.07) is 7.51. The molecule has 1 N–H and O–H groups in total. The first-order valence-electron chi connectivity index (χ1n) is 5.30. The molecule has 1 unspecified atom stereocenters. The summed E-state index contributed by atoms with van der Waals surface area (Å²) >= 11 is 5.85. The molecule has 4 heteroatoms. The number of nitriles is 1. The van der Waals surface area contributed by atoms with Gasteiger partial charge in [-0.15, -0.1) is 0 Å². The van der Waals surface area contributed by atoms with E-state index in [-0.39, 0.29) is 6.61 Å². The van der Waals surface area contributed by atoms with E-state index in [1.807, 2.05) is 6.07 Å². The molecule has 16 heavy (non-hydrogen) atoms. The summed E-state index contributed by atoms with van der Waals surface area (Å²) in [6.07, 6.45) is 0.976. The minimum atomic E-state index is 0.214. The molecule has 1 aliphatic heterocycles. The first-order valence-corrected chi connectivity index (χ1v) is 5.68. The van der Waals surface area contributed by atoms with Gasteiger partial charge in [0.15, 0.2) is 0 Å². The van der Waals surface area contributed by atoms with Crippen LogP contribution in [0.25, 0.3) is 0 Å². The van der Waals surface area contributed by atoms with E-state index < -0.39 is 0 Å². The van der Waals surface area contributed by atoms with Gasteiger partial charge < -0.3 is 10.0 Å². The molecule has 0 saturated carbocycles. The molecule has 1 atom stereocenters. The van der Waals surface area contributed by atoms with Crippen molar-refractivity contribution in [2.75, 3.05) is 24.6 Å². The van der Waals surface area contributed by atoms with Gasteiger partial charge >= 0.3 is 0 Å². The van der Waals surface area contributed by atoms with E-state index in [2.05, 4.69) is 11.0 Å². The van der Waals surface area contributed by atoms with Gasteiger partial charge in [-0.1, -0.05) is 11.6 Å². The zero-order chi connectivity index (χ0) is 11.5. The Bertz CT molecular complexity index is 428. The molecule has 1 heterocycles. The maximum Gasteiger partial charge on any atom is 0.101 e. The highest BCUT2D eigenvalue weighted by molar-refractivity contribution is 6.30. The Balaban J connectivity index is 2.25. The summed E-state index contributed by atoms with van der Waals surface area (Å²) in [4.78, 5) is 2.13. The van der Waals surface area contributed by atoms with Gasteiger partial charge in [-0.3, -0.25) is 0 Å². The summed E-state index contributed by atoms with van der Waals surface area (Å²) in [5, 5.41) is 18.7. The first kappa shape index (κ1) is 11.3. The molecule has 0 aliphatic carbocycles. The molecule has 0 aromatic heterocycles. The molecule has 1 aliphatic rings. The minimum absolute atomic E-state index is 0.214. The van der Waals surface area contributed by atoms with E-state index in [1.54, 1.807) is 12.1 Å². The third-order valence-corrected chi connectivity index (χ3v) is 3.20. The van der Waals surface area contributed by atoms with E-state index in [1.165, 1.54) is 0 Å². The van der Waals surface area contributed by atoms with Gasteiger partial charge in [0.1, 0.15) is 6.07 Å². The summed E-state index contributed by atoms with van der Waals surface area (Å²) in [6.45, 7) is 1.92. The molecule has 1 aromatic rings. The molecule has 1 aromatic carbocycles. The molecular weight excluding hydrogens is 224 g/mol. The van der Waals surface area contributed by atoms with Crippen LogP contribution in [0.3, 0.4) is 0 Å². The lowest BCUT2D eigenvalue weighted by molar-refractivity contribution is 0.238. The Morgan fingerprint density at radius 2 is 2.38 bits per heavy atom. The van der Waals surface area contributed by atoms with E-state index in [0.29, 0.717) is 16.5 Å². The molecule has 84 valence electrons. The van der Waals surface area contributed by atoms with Gasteiger partial charge in [0.25, 0.3) is 0 Å². The molecular formula is C12H13ClN2O. The largest absolute Gasteiger partial charge is 0.396 e. The second-order valence-electron chi connectivity index (χ2n) is 4.06. The third-order valence-electron chi connectivity index (χ3n) is 2.96. The van der Waals surface area contributed by atoms with Crippen molar-refractivity contribution in [3.63, 3.8) is 0 Å². The van der Waals surface area contributed by atoms with Crippen LogP contribution in [0.1, 0.15) is 12.0 Å². The van der Waals surface area contributed by atoms with Crippen LogP contribution in [-0.4, -0.2) is 24.8 Å². The Hall–Kier alpha value is -1.24. The molecule has 3 nitrogen and oxygen atoms in total. The normalized spacial score (nSPS) is 19.8. The van der Waals surface area contributed by atoms with Crippen molar-refractivity contribution < 1.29 is 5.11 Å². The van der Waals surface area contributed by atoms with Crippen molar-refractivity contribution in [1.82, 2.24) is 0 Å². The number of nitrogens with zero attached hydrogens (tertiary/aromatic N) is 2. The zero-order valence-electron chi connectivity index (χ0n) is 8.86. The molecule has 1 fully saturated rings. The van der Waals surface area contributed by atoms with Gasteiger partial charge in [-0.05, 0) is 24.6 Å². The van der Waals surface area contributed by atoms with Crippen LogP contribution in [0.5, 0.6) is 0 Å². The maximum atomic E-state index is 9.09. The van der Waals surface area contributed by atoms with Gasteiger partial charge in [-0.25, -0.2) is 0 Å².